The lowest BCUT2D eigenvalue weighted by Gasteiger charge is -2.20. The van der Waals surface area contributed by atoms with Crippen molar-refractivity contribution in [3.05, 3.63) is 12.7 Å². The van der Waals surface area contributed by atoms with Gasteiger partial charge in [-0.05, 0) is 40.2 Å². The van der Waals surface area contributed by atoms with E-state index in [-0.39, 0.29) is 11.9 Å². The summed E-state index contributed by atoms with van der Waals surface area (Å²) in [6.07, 6.45) is 1.94. The van der Waals surface area contributed by atoms with E-state index in [2.05, 4.69) is 6.58 Å². The van der Waals surface area contributed by atoms with Crippen molar-refractivity contribution in [1.82, 2.24) is 4.90 Å². The number of carbonyl (C=O) groups is 2. The zero-order valence-corrected chi connectivity index (χ0v) is 11.3. The van der Waals surface area contributed by atoms with Gasteiger partial charge < -0.3 is 9.64 Å². The molecule has 0 aliphatic rings. The van der Waals surface area contributed by atoms with Crippen molar-refractivity contribution < 1.29 is 14.3 Å². The van der Waals surface area contributed by atoms with Gasteiger partial charge in [0.2, 0.25) is 5.91 Å². The Morgan fingerprint density at radius 3 is 2.35 bits per heavy atom. The molecule has 4 nitrogen and oxygen atoms in total. The number of carbonyl (C=O) groups excluding carboxylic acids is 2. The number of esters is 1. The summed E-state index contributed by atoms with van der Waals surface area (Å²) in [6, 6.07) is 0. The van der Waals surface area contributed by atoms with Crippen LogP contribution in [0.4, 0.5) is 0 Å². The van der Waals surface area contributed by atoms with Gasteiger partial charge in [0.25, 0.3) is 0 Å². The number of amides is 1. The van der Waals surface area contributed by atoms with Crippen LogP contribution >= 0.6 is 0 Å². The summed E-state index contributed by atoms with van der Waals surface area (Å²) in [7, 11) is 0. The van der Waals surface area contributed by atoms with Gasteiger partial charge in [0.05, 0.1) is 12.0 Å². The lowest BCUT2D eigenvalue weighted by atomic mass is 9.97. The third-order valence-corrected chi connectivity index (χ3v) is 2.29. The second-order valence-corrected chi connectivity index (χ2v) is 4.86. The standard InChI is InChI=1S/C13H23NO3/c1-6-11(15)14(7-2)9-8-10-17-12(16)13(3,4)5/h6H,1,7-10H2,2-5H3. The topological polar surface area (TPSA) is 46.6 Å². The molecule has 0 spiro atoms. The van der Waals surface area contributed by atoms with E-state index in [1.54, 1.807) is 4.90 Å². The van der Waals surface area contributed by atoms with E-state index in [0.29, 0.717) is 26.1 Å². The van der Waals surface area contributed by atoms with Crippen molar-refractivity contribution in [2.24, 2.45) is 5.41 Å². The fraction of sp³-hybridized carbons (Fsp3) is 0.692. The fourth-order valence-corrected chi connectivity index (χ4v) is 1.19. The molecule has 17 heavy (non-hydrogen) atoms. The third-order valence-electron chi connectivity index (χ3n) is 2.29. The van der Waals surface area contributed by atoms with Gasteiger partial charge in [-0.2, -0.15) is 0 Å². The normalized spacial score (nSPS) is 10.8. The number of ether oxygens (including phenoxy) is 1. The van der Waals surface area contributed by atoms with E-state index < -0.39 is 5.41 Å². The van der Waals surface area contributed by atoms with Crippen molar-refractivity contribution in [3.63, 3.8) is 0 Å². The lowest BCUT2D eigenvalue weighted by molar-refractivity contribution is -0.153. The quantitative estimate of drug-likeness (QED) is 0.406. The highest BCUT2D eigenvalue weighted by molar-refractivity contribution is 5.86. The van der Waals surface area contributed by atoms with Crippen molar-refractivity contribution in [1.29, 1.82) is 0 Å². The van der Waals surface area contributed by atoms with Crippen LogP contribution in [0.5, 0.6) is 0 Å². The largest absolute Gasteiger partial charge is 0.465 e. The van der Waals surface area contributed by atoms with Crippen LogP contribution in [-0.4, -0.2) is 36.5 Å². The molecule has 0 saturated carbocycles. The summed E-state index contributed by atoms with van der Waals surface area (Å²) in [5, 5.41) is 0. The zero-order valence-electron chi connectivity index (χ0n) is 11.3. The van der Waals surface area contributed by atoms with Crippen molar-refractivity contribution in [2.75, 3.05) is 19.7 Å². The van der Waals surface area contributed by atoms with Crippen LogP contribution in [0, 0.1) is 5.41 Å². The fourth-order valence-electron chi connectivity index (χ4n) is 1.19. The van der Waals surface area contributed by atoms with Crippen LogP contribution < -0.4 is 0 Å². The minimum absolute atomic E-state index is 0.0883. The second-order valence-electron chi connectivity index (χ2n) is 4.86. The molecule has 0 N–H and O–H groups in total. The number of hydrogen-bond donors (Lipinski definition) is 0. The number of hydrogen-bond acceptors (Lipinski definition) is 3. The first-order chi connectivity index (χ1) is 7.82. The Morgan fingerprint density at radius 1 is 1.35 bits per heavy atom. The summed E-state index contributed by atoms with van der Waals surface area (Å²) >= 11 is 0. The number of nitrogens with zero attached hydrogens (tertiary/aromatic N) is 1. The van der Waals surface area contributed by atoms with Crippen LogP contribution in [0.3, 0.4) is 0 Å². The predicted octanol–water partition coefficient (Wildman–Crippen LogP) is 2.00. The van der Waals surface area contributed by atoms with Crippen LogP contribution in [0.1, 0.15) is 34.1 Å². The van der Waals surface area contributed by atoms with Gasteiger partial charge in [0.15, 0.2) is 0 Å². The Bertz CT molecular complexity index is 279. The lowest BCUT2D eigenvalue weighted by Crippen LogP contribution is -2.31. The summed E-state index contributed by atoms with van der Waals surface area (Å²) in [6.45, 7) is 12.4. The zero-order chi connectivity index (χ0) is 13.5. The number of likely N-dealkylation sites (N-methyl/N-ethyl adjacent to an activating group) is 1. The molecular weight excluding hydrogens is 218 g/mol. The predicted molar refractivity (Wildman–Crippen MR) is 67.5 cm³/mol. The second kappa shape index (κ2) is 7.09. The van der Waals surface area contributed by atoms with Gasteiger partial charge in [0.1, 0.15) is 0 Å². The highest BCUT2D eigenvalue weighted by Crippen LogP contribution is 2.15. The molecule has 0 atom stereocenters. The molecule has 98 valence electrons. The monoisotopic (exact) mass is 241 g/mol. The van der Waals surface area contributed by atoms with E-state index >= 15 is 0 Å². The molecule has 0 saturated heterocycles. The summed E-state index contributed by atoms with van der Waals surface area (Å²) in [5.74, 6) is -0.301. The minimum Gasteiger partial charge on any atom is -0.465 e. The van der Waals surface area contributed by atoms with E-state index in [9.17, 15) is 9.59 Å². The molecule has 0 heterocycles. The average Bonchev–Trinajstić information content (AvgIpc) is 2.26. The van der Waals surface area contributed by atoms with Crippen molar-refractivity contribution >= 4 is 11.9 Å². The van der Waals surface area contributed by atoms with Crippen LogP contribution in [0.25, 0.3) is 0 Å². The molecule has 0 unspecified atom stereocenters. The molecule has 0 aromatic heterocycles. The molecule has 0 rings (SSSR count). The summed E-state index contributed by atoms with van der Waals surface area (Å²) in [4.78, 5) is 24.4. The Morgan fingerprint density at radius 2 is 1.94 bits per heavy atom. The summed E-state index contributed by atoms with van der Waals surface area (Å²) in [5.41, 5.74) is -0.471. The van der Waals surface area contributed by atoms with Gasteiger partial charge in [-0.1, -0.05) is 6.58 Å². The average molecular weight is 241 g/mol. The molecule has 0 radical (unpaired) electrons. The van der Waals surface area contributed by atoms with E-state index in [0.717, 1.165) is 0 Å². The molecule has 0 aliphatic heterocycles. The van der Waals surface area contributed by atoms with Gasteiger partial charge in [-0.3, -0.25) is 9.59 Å². The maximum Gasteiger partial charge on any atom is 0.311 e. The highest BCUT2D eigenvalue weighted by atomic mass is 16.5. The smallest absolute Gasteiger partial charge is 0.311 e. The molecule has 0 fully saturated rings. The van der Waals surface area contributed by atoms with Crippen LogP contribution in [0.15, 0.2) is 12.7 Å². The molecule has 0 bridgehead atoms. The van der Waals surface area contributed by atoms with E-state index in [4.69, 9.17) is 4.74 Å². The minimum atomic E-state index is -0.471. The summed E-state index contributed by atoms with van der Waals surface area (Å²) < 4.78 is 5.11. The Labute approximate surface area is 104 Å². The van der Waals surface area contributed by atoms with Crippen molar-refractivity contribution in [2.45, 2.75) is 34.1 Å². The first-order valence-electron chi connectivity index (χ1n) is 5.91. The first-order valence-corrected chi connectivity index (χ1v) is 5.91. The molecule has 0 aromatic carbocycles. The molecule has 4 heteroatoms. The van der Waals surface area contributed by atoms with Gasteiger partial charge in [-0.15, -0.1) is 0 Å². The maximum absolute atomic E-state index is 11.4. The SMILES string of the molecule is C=CC(=O)N(CC)CCCOC(=O)C(C)(C)C. The molecule has 0 aliphatic carbocycles. The van der Waals surface area contributed by atoms with Gasteiger partial charge in [-0.25, -0.2) is 0 Å². The molecular formula is C13H23NO3. The molecule has 0 aromatic rings. The number of rotatable bonds is 6. The van der Waals surface area contributed by atoms with Crippen LogP contribution in [0.2, 0.25) is 0 Å². The van der Waals surface area contributed by atoms with E-state index in [1.165, 1.54) is 6.08 Å². The molecule has 1 amide bonds. The van der Waals surface area contributed by atoms with Crippen LogP contribution in [-0.2, 0) is 14.3 Å². The van der Waals surface area contributed by atoms with Crippen molar-refractivity contribution in [3.8, 4) is 0 Å². The third kappa shape index (κ3) is 6.09. The van der Waals surface area contributed by atoms with E-state index in [1.807, 2.05) is 27.7 Å². The Kier molecular flexibility index (Phi) is 6.54. The van der Waals surface area contributed by atoms with Gasteiger partial charge in [0, 0.05) is 13.1 Å². The highest BCUT2D eigenvalue weighted by Gasteiger charge is 2.22. The first kappa shape index (κ1) is 15.7. The van der Waals surface area contributed by atoms with Gasteiger partial charge >= 0.3 is 5.97 Å². The maximum atomic E-state index is 11.4. The Balaban J connectivity index is 3.88. The Hall–Kier alpha value is -1.32.